The Hall–Kier alpha value is -3.63. The van der Waals surface area contributed by atoms with Crippen LogP contribution in [-0.2, 0) is 14.8 Å². The lowest BCUT2D eigenvalue weighted by molar-refractivity contribution is -0.384. The van der Waals surface area contributed by atoms with Crippen molar-refractivity contribution in [3.05, 3.63) is 86.9 Å². The highest BCUT2D eigenvalue weighted by Crippen LogP contribution is 2.24. The largest absolute Gasteiger partial charge is 0.484 e. The van der Waals surface area contributed by atoms with E-state index in [1.165, 1.54) is 48.5 Å². The van der Waals surface area contributed by atoms with E-state index in [1.54, 1.807) is 19.1 Å². The van der Waals surface area contributed by atoms with Crippen molar-refractivity contribution in [3.63, 3.8) is 0 Å². The molecule has 0 saturated carbocycles. The quantitative estimate of drug-likeness (QED) is 0.349. The van der Waals surface area contributed by atoms with Crippen molar-refractivity contribution in [1.82, 2.24) is 0 Å². The number of hydrogen-bond donors (Lipinski definition) is 2. The van der Waals surface area contributed by atoms with Crippen molar-refractivity contribution in [3.8, 4) is 5.75 Å². The third-order valence-electron chi connectivity index (χ3n) is 4.63. The van der Waals surface area contributed by atoms with E-state index in [2.05, 4.69) is 10.0 Å². The summed E-state index contributed by atoms with van der Waals surface area (Å²) in [7, 11) is -3.85. The molecule has 2 N–H and O–H groups in total. The second kappa shape index (κ2) is 9.88. The molecule has 33 heavy (non-hydrogen) atoms. The number of aryl methyl sites for hydroxylation is 2. The molecule has 0 bridgehead atoms. The summed E-state index contributed by atoms with van der Waals surface area (Å²) >= 11 is 6.04. The summed E-state index contributed by atoms with van der Waals surface area (Å²) in [5.74, 6) is -0.244. The third kappa shape index (κ3) is 6.21. The lowest BCUT2D eigenvalue weighted by Gasteiger charge is -2.11. The fourth-order valence-corrected chi connectivity index (χ4v) is 4.01. The molecular weight excluding hydrogens is 470 g/mol. The Morgan fingerprint density at radius 3 is 2.33 bits per heavy atom. The van der Waals surface area contributed by atoms with Crippen molar-refractivity contribution in [2.45, 2.75) is 18.7 Å². The Bertz CT molecular complexity index is 1310. The Balaban J connectivity index is 1.61. The zero-order valence-electron chi connectivity index (χ0n) is 17.7. The van der Waals surface area contributed by atoms with Crippen LogP contribution in [0.1, 0.15) is 11.1 Å². The lowest BCUT2D eigenvalue weighted by atomic mass is 10.2. The Labute approximate surface area is 195 Å². The highest BCUT2D eigenvalue weighted by Gasteiger charge is 2.15. The standard InChI is InChI=1S/C22H20ClN3O6S/c1-14-3-5-16(11-20(14)23)25-33(30,31)19-9-7-18(8-10-19)32-13-22(27)24-21-12-17(26(28)29)6-4-15(21)2/h3-12,25H,13H2,1-2H3,(H,24,27). The van der Waals surface area contributed by atoms with Crippen LogP contribution in [0, 0.1) is 24.0 Å². The number of anilines is 2. The first-order chi connectivity index (χ1) is 15.5. The summed E-state index contributed by atoms with van der Waals surface area (Å²) in [4.78, 5) is 22.5. The summed E-state index contributed by atoms with van der Waals surface area (Å²) in [5.41, 5.74) is 1.98. The molecule has 3 rings (SSSR count). The van der Waals surface area contributed by atoms with Crippen LogP contribution in [0.4, 0.5) is 17.1 Å². The average Bonchev–Trinajstić information content (AvgIpc) is 2.76. The molecule has 9 nitrogen and oxygen atoms in total. The number of nitrogens with zero attached hydrogens (tertiary/aromatic N) is 1. The van der Waals surface area contributed by atoms with E-state index in [1.807, 2.05) is 6.92 Å². The van der Waals surface area contributed by atoms with Crippen LogP contribution in [0.5, 0.6) is 5.75 Å². The summed E-state index contributed by atoms with van der Waals surface area (Å²) < 4.78 is 33.0. The Kier molecular flexibility index (Phi) is 7.19. The van der Waals surface area contributed by atoms with Gasteiger partial charge in [-0.15, -0.1) is 0 Å². The first kappa shape index (κ1) is 24.0. The van der Waals surface area contributed by atoms with E-state index in [9.17, 15) is 23.3 Å². The zero-order valence-corrected chi connectivity index (χ0v) is 19.2. The van der Waals surface area contributed by atoms with Gasteiger partial charge in [0.1, 0.15) is 5.75 Å². The van der Waals surface area contributed by atoms with Crippen LogP contribution in [0.15, 0.2) is 65.6 Å². The third-order valence-corrected chi connectivity index (χ3v) is 6.44. The number of carbonyl (C=O) groups excluding carboxylic acids is 1. The van der Waals surface area contributed by atoms with Crippen LogP contribution in [0.2, 0.25) is 5.02 Å². The summed E-state index contributed by atoms with van der Waals surface area (Å²) in [5, 5.41) is 13.9. The van der Waals surface area contributed by atoms with Gasteiger partial charge < -0.3 is 10.1 Å². The molecule has 0 spiro atoms. The molecule has 172 valence electrons. The van der Waals surface area contributed by atoms with Gasteiger partial charge in [-0.25, -0.2) is 8.42 Å². The molecular formula is C22H20ClN3O6S. The molecule has 1 amide bonds. The van der Waals surface area contributed by atoms with E-state index in [0.29, 0.717) is 22.0 Å². The summed E-state index contributed by atoms with van der Waals surface area (Å²) in [6.07, 6.45) is 0. The molecule has 0 radical (unpaired) electrons. The van der Waals surface area contributed by atoms with Gasteiger partial charge in [0.05, 0.1) is 21.2 Å². The van der Waals surface area contributed by atoms with Crippen molar-refractivity contribution in [2.24, 2.45) is 0 Å². The van der Waals surface area contributed by atoms with Crippen LogP contribution >= 0.6 is 11.6 Å². The average molecular weight is 490 g/mol. The molecule has 0 aliphatic carbocycles. The molecule has 11 heteroatoms. The molecule has 3 aromatic rings. The molecule has 0 unspecified atom stereocenters. The van der Waals surface area contributed by atoms with Gasteiger partial charge in [-0.05, 0) is 61.4 Å². The Morgan fingerprint density at radius 2 is 1.70 bits per heavy atom. The molecule has 0 atom stereocenters. The number of sulfonamides is 1. The van der Waals surface area contributed by atoms with E-state index in [-0.39, 0.29) is 22.9 Å². The molecule has 0 aliphatic rings. The molecule has 0 aliphatic heterocycles. The number of benzene rings is 3. The number of nitrogens with one attached hydrogen (secondary N) is 2. The minimum absolute atomic E-state index is 0.00298. The normalized spacial score (nSPS) is 11.0. The van der Waals surface area contributed by atoms with Gasteiger partial charge in [0, 0.05) is 17.2 Å². The van der Waals surface area contributed by atoms with Crippen molar-refractivity contribution in [1.29, 1.82) is 0 Å². The number of carbonyl (C=O) groups is 1. The lowest BCUT2D eigenvalue weighted by Crippen LogP contribution is -2.20. The molecule has 0 aromatic heterocycles. The van der Waals surface area contributed by atoms with Crippen LogP contribution in [-0.4, -0.2) is 25.9 Å². The second-order valence-electron chi connectivity index (χ2n) is 7.13. The van der Waals surface area contributed by atoms with Crippen molar-refractivity contribution in [2.75, 3.05) is 16.6 Å². The van der Waals surface area contributed by atoms with Gasteiger partial charge in [0.15, 0.2) is 6.61 Å². The number of non-ortho nitro benzene ring substituents is 1. The first-order valence-corrected chi connectivity index (χ1v) is 11.5. The number of nitro benzene ring substituents is 1. The molecule has 0 fully saturated rings. The maximum Gasteiger partial charge on any atom is 0.271 e. The van der Waals surface area contributed by atoms with Crippen LogP contribution < -0.4 is 14.8 Å². The van der Waals surface area contributed by atoms with E-state index < -0.39 is 20.9 Å². The number of rotatable bonds is 8. The monoisotopic (exact) mass is 489 g/mol. The molecule has 3 aromatic carbocycles. The smallest absolute Gasteiger partial charge is 0.271 e. The molecule has 0 heterocycles. The highest BCUT2D eigenvalue weighted by atomic mass is 35.5. The zero-order chi connectivity index (χ0) is 24.2. The number of amides is 1. The van der Waals surface area contributed by atoms with Gasteiger partial charge in [0.25, 0.3) is 21.6 Å². The molecule has 0 saturated heterocycles. The highest BCUT2D eigenvalue weighted by molar-refractivity contribution is 7.92. The van der Waals surface area contributed by atoms with E-state index in [0.717, 1.165) is 5.56 Å². The number of hydrogen-bond acceptors (Lipinski definition) is 6. The second-order valence-corrected chi connectivity index (χ2v) is 9.22. The summed E-state index contributed by atoms with van der Waals surface area (Å²) in [6.45, 7) is 3.15. The van der Waals surface area contributed by atoms with E-state index >= 15 is 0 Å². The maximum atomic E-state index is 12.6. The van der Waals surface area contributed by atoms with Gasteiger partial charge in [-0.1, -0.05) is 23.7 Å². The predicted molar refractivity (Wildman–Crippen MR) is 125 cm³/mol. The van der Waals surface area contributed by atoms with Gasteiger partial charge >= 0.3 is 0 Å². The van der Waals surface area contributed by atoms with Gasteiger partial charge in [0.2, 0.25) is 0 Å². The number of ether oxygens (including phenoxy) is 1. The van der Waals surface area contributed by atoms with Gasteiger partial charge in [-0.2, -0.15) is 0 Å². The predicted octanol–water partition coefficient (Wildman–Crippen LogP) is 4.68. The van der Waals surface area contributed by atoms with Gasteiger partial charge in [-0.3, -0.25) is 19.6 Å². The minimum Gasteiger partial charge on any atom is -0.484 e. The number of nitro groups is 1. The summed E-state index contributed by atoms with van der Waals surface area (Å²) in [6, 6.07) is 14.5. The maximum absolute atomic E-state index is 12.6. The SMILES string of the molecule is Cc1ccc(NS(=O)(=O)c2ccc(OCC(=O)Nc3cc([N+](=O)[O-])ccc3C)cc2)cc1Cl. The fraction of sp³-hybridized carbons (Fsp3) is 0.136. The number of halogens is 1. The van der Waals surface area contributed by atoms with E-state index in [4.69, 9.17) is 16.3 Å². The first-order valence-electron chi connectivity index (χ1n) is 9.62. The Morgan fingerprint density at radius 1 is 1.03 bits per heavy atom. The fourth-order valence-electron chi connectivity index (χ4n) is 2.78. The van der Waals surface area contributed by atoms with Crippen molar-refractivity contribution < 1.29 is 22.9 Å². The topological polar surface area (TPSA) is 128 Å². The van der Waals surface area contributed by atoms with Crippen LogP contribution in [0.3, 0.4) is 0 Å². The minimum atomic E-state index is -3.85. The van der Waals surface area contributed by atoms with Crippen LogP contribution in [0.25, 0.3) is 0 Å². The van der Waals surface area contributed by atoms with Crippen molar-refractivity contribution >= 4 is 44.6 Å².